The van der Waals surface area contributed by atoms with Crippen molar-refractivity contribution in [2.45, 2.75) is 27.2 Å². The number of carbonyl (C=O) groups is 1. The zero-order chi connectivity index (χ0) is 12.4. The van der Waals surface area contributed by atoms with Crippen molar-refractivity contribution in [3.8, 4) is 0 Å². The van der Waals surface area contributed by atoms with Crippen LogP contribution in [-0.4, -0.2) is 10.9 Å². The Hall–Kier alpha value is -1.90. The van der Waals surface area contributed by atoms with E-state index in [1.165, 1.54) is 0 Å². The maximum absolute atomic E-state index is 11.5. The Balaban J connectivity index is 2.59. The van der Waals surface area contributed by atoms with E-state index < -0.39 is 0 Å². The molecule has 3 heteroatoms. The molecule has 1 heterocycles. The summed E-state index contributed by atoms with van der Waals surface area (Å²) in [5.41, 5.74) is 3.84. The largest absolute Gasteiger partial charge is 0.325 e. The Morgan fingerprint density at radius 1 is 1.29 bits per heavy atom. The lowest BCUT2D eigenvalue weighted by Gasteiger charge is -2.09. The third kappa shape index (κ3) is 2.44. The number of benzene rings is 1. The highest BCUT2D eigenvalue weighted by atomic mass is 16.1. The molecule has 0 spiro atoms. The molecular formula is C14H16N2O. The third-order valence-corrected chi connectivity index (χ3v) is 2.69. The number of aryl methyl sites for hydroxylation is 2. The van der Waals surface area contributed by atoms with Crippen molar-refractivity contribution in [2.75, 3.05) is 5.32 Å². The van der Waals surface area contributed by atoms with Gasteiger partial charge in [0.05, 0.1) is 11.2 Å². The van der Waals surface area contributed by atoms with Gasteiger partial charge in [0.15, 0.2) is 0 Å². The molecule has 0 aliphatic heterocycles. The summed E-state index contributed by atoms with van der Waals surface area (Å²) in [5, 5.41) is 3.92. The molecule has 0 radical (unpaired) electrons. The number of rotatable bonds is 2. The molecule has 0 aliphatic rings. The van der Waals surface area contributed by atoms with Gasteiger partial charge in [-0.05, 0) is 32.0 Å². The first-order chi connectivity index (χ1) is 8.10. The second-order valence-corrected chi connectivity index (χ2v) is 4.23. The van der Waals surface area contributed by atoms with Crippen LogP contribution in [0.15, 0.2) is 24.3 Å². The molecule has 0 bridgehead atoms. The summed E-state index contributed by atoms with van der Waals surface area (Å²) in [4.78, 5) is 15.9. The predicted molar refractivity (Wildman–Crippen MR) is 70.1 cm³/mol. The molecule has 3 nitrogen and oxygen atoms in total. The van der Waals surface area contributed by atoms with Crippen LogP contribution in [0.1, 0.15) is 24.6 Å². The number of fused-ring (bicyclic) bond motifs is 1. The Labute approximate surface area is 101 Å². The average Bonchev–Trinajstić information content (AvgIpc) is 2.29. The lowest BCUT2D eigenvalue weighted by Crippen LogP contribution is -2.10. The third-order valence-electron chi connectivity index (χ3n) is 2.69. The van der Waals surface area contributed by atoms with Crippen LogP contribution >= 0.6 is 0 Å². The Morgan fingerprint density at radius 2 is 2.06 bits per heavy atom. The molecule has 0 saturated carbocycles. The topological polar surface area (TPSA) is 42.0 Å². The number of carbonyl (C=O) groups excluding carboxylic acids is 1. The van der Waals surface area contributed by atoms with Gasteiger partial charge in [-0.15, -0.1) is 0 Å². The fraction of sp³-hybridized carbons (Fsp3) is 0.286. The van der Waals surface area contributed by atoms with Gasteiger partial charge in [-0.1, -0.05) is 18.6 Å². The van der Waals surface area contributed by atoms with Crippen LogP contribution in [0.2, 0.25) is 0 Å². The van der Waals surface area contributed by atoms with E-state index in [2.05, 4.69) is 10.3 Å². The van der Waals surface area contributed by atoms with Crippen molar-refractivity contribution < 1.29 is 4.79 Å². The van der Waals surface area contributed by atoms with E-state index in [0.29, 0.717) is 6.42 Å². The fourth-order valence-electron chi connectivity index (χ4n) is 1.81. The summed E-state index contributed by atoms with van der Waals surface area (Å²) in [5.74, 6) is 0.0263. The number of hydrogen-bond acceptors (Lipinski definition) is 2. The number of anilines is 1. The number of amides is 1. The number of hydrogen-bond donors (Lipinski definition) is 1. The second kappa shape index (κ2) is 4.53. The van der Waals surface area contributed by atoms with Crippen molar-refractivity contribution in [2.24, 2.45) is 0 Å². The molecular weight excluding hydrogens is 212 g/mol. The first-order valence-corrected chi connectivity index (χ1v) is 5.78. The summed E-state index contributed by atoms with van der Waals surface area (Å²) >= 11 is 0. The monoisotopic (exact) mass is 228 g/mol. The first kappa shape index (κ1) is 11.6. The van der Waals surface area contributed by atoms with Crippen LogP contribution < -0.4 is 5.32 Å². The van der Waals surface area contributed by atoms with Gasteiger partial charge in [-0.3, -0.25) is 9.78 Å². The molecule has 1 aromatic heterocycles. The maximum atomic E-state index is 11.5. The molecule has 2 aromatic rings. The molecule has 0 saturated heterocycles. The number of aromatic nitrogens is 1. The van der Waals surface area contributed by atoms with Gasteiger partial charge >= 0.3 is 0 Å². The normalized spacial score (nSPS) is 10.5. The highest BCUT2D eigenvalue weighted by Crippen LogP contribution is 2.24. The van der Waals surface area contributed by atoms with E-state index in [-0.39, 0.29) is 5.91 Å². The van der Waals surface area contributed by atoms with Gasteiger partial charge in [0.25, 0.3) is 0 Å². The van der Waals surface area contributed by atoms with Gasteiger partial charge in [0.2, 0.25) is 5.91 Å². The molecule has 2 rings (SSSR count). The number of pyridine rings is 1. The fourth-order valence-corrected chi connectivity index (χ4v) is 1.81. The molecule has 0 unspecified atom stereocenters. The lowest BCUT2D eigenvalue weighted by atomic mass is 10.1. The zero-order valence-electron chi connectivity index (χ0n) is 10.4. The van der Waals surface area contributed by atoms with E-state index in [4.69, 9.17) is 0 Å². The van der Waals surface area contributed by atoms with Crippen LogP contribution in [0.5, 0.6) is 0 Å². The summed E-state index contributed by atoms with van der Waals surface area (Å²) < 4.78 is 0. The quantitative estimate of drug-likeness (QED) is 0.857. The number of nitrogens with zero attached hydrogens (tertiary/aromatic N) is 1. The van der Waals surface area contributed by atoms with Crippen molar-refractivity contribution >= 4 is 22.5 Å². The van der Waals surface area contributed by atoms with E-state index in [1.54, 1.807) is 0 Å². The summed E-state index contributed by atoms with van der Waals surface area (Å²) in [6, 6.07) is 7.97. The lowest BCUT2D eigenvalue weighted by molar-refractivity contribution is -0.115. The Morgan fingerprint density at radius 3 is 2.76 bits per heavy atom. The molecule has 0 fully saturated rings. The van der Waals surface area contributed by atoms with Crippen LogP contribution in [0.4, 0.5) is 5.69 Å². The SMILES string of the molecule is CCC(=O)Nc1cc(C)nc2ccc(C)cc12. The van der Waals surface area contributed by atoms with Gasteiger partial charge in [-0.25, -0.2) is 0 Å². The summed E-state index contributed by atoms with van der Waals surface area (Å²) in [6.45, 7) is 5.81. The minimum Gasteiger partial charge on any atom is -0.325 e. The highest BCUT2D eigenvalue weighted by molar-refractivity contribution is 6.01. The van der Waals surface area contributed by atoms with Crippen LogP contribution in [0.25, 0.3) is 10.9 Å². The number of nitrogens with one attached hydrogen (secondary N) is 1. The zero-order valence-corrected chi connectivity index (χ0v) is 10.4. The molecule has 0 atom stereocenters. The van der Waals surface area contributed by atoms with Gasteiger partial charge in [0.1, 0.15) is 0 Å². The average molecular weight is 228 g/mol. The van der Waals surface area contributed by atoms with Crippen molar-refractivity contribution in [1.82, 2.24) is 4.98 Å². The van der Waals surface area contributed by atoms with Crippen molar-refractivity contribution in [3.63, 3.8) is 0 Å². The second-order valence-electron chi connectivity index (χ2n) is 4.23. The van der Waals surface area contributed by atoms with Crippen molar-refractivity contribution in [1.29, 1.82) is 0 Å². The van der Waals surface area contributed by atoms with Crippen LogP contribution in [0, 0.1) is 13.8 Å². The predicted octanol–water partition coefficient (Wildman–Crippen LogP) is 3.20. The molecule has 1 N–H and O–H groups in total. The van der Waals surface area contributed by atoms with E-state index >= 15 is 0 Å². The smallest absolute Gasteiger partial charge is 0.224 e. The highest BCUT2D eigenvalue weighted by Gasteiger charge is 2.06. The molecule has 1 aromatic carbocycles. The Bertz CT molecular complexity index is 576. The first-order valence-electron chi connectivity index (χ1n) is 5.78. The van der Waals surface area contributed by atoms with E-state index in [0.717, 1.165) is 27.8 Å². The van der Waals surface area contributed by atoms with Crippen LogP contribution in [0.3, 0.4) is 0 Å². The molecule has 17 heavy (non-hydrogen) atoms. The standard InChI is InChI=1S/C14H16N2O/c1-4-14(17)16-13-8-10(3)15-12-6-5-9(2)7-11(12)13/h5-8H,4H2,1-3H3,(H,15,16,17). The van der Waals surface area contributed by atoms with Gasteiger partial charge in [-0.2, -0.15) is 0 Å². The van der Waals surface area contributed by atoms with Gasteiger partial charge < -0.3 is 5.32 Å². The van der Waals surface area contributed by atoms with E-state index in [9.17, 15) is 4.79 Å². The Kier molecular flexibility index (Phi) is 3.09. The molecule has 1 amide bonds. The summed E-state index contributed by atoms with van der Waals surface area (Å²) in [6.07, 6.45) is 0.481. The van der Waals surface area contributed by atoms with Crippen LogP contribution in [-0.2, 0) is 4.79 Å². The minimum atomic E-state index is 0.0263. The van der Waals surface area contributed by atoms with E-state index in [1.807, 2.05) is 45.0 Å². The maximum Gasteiger partial charge on any atom is 0.224 e. The van der Waals surface area contributed by atoms with Gasteiger partial charge in [0, 0.05) is 17.5 Å². The molecule has 0 aliphatic carbocycles. The molecule has 88 valence electrons. The summed E-state index contributed by atoms with van der Waals surface area (Å²) in [7, 11) is 0. The van der Waals surface area contributed by atoms with Crippen molar-refractivity contribution in [3.05, 3.63) is 35.5 Å². The minimum absolute atomic E-state index is 0.0263.